The lowest BCUT2D eigenvalue weighted by molar-refractivity contribution is -0.138. The fourth-order valence-electron chi connectivity index (χ4n) is 2.86. The second kappa shape index (κ2) is 4.92. The molecule has 2 rings (SSSR count). The molecule has 2 aliphatic rings. The first-order chi connectivity index (χ1) is 8.06. The Kier molecular flexibility index (Phi) is 3.71. The second-order valence-corrected chi connectivity index (χ2v) is 6.08. The van der Waals surface area contributed by atoms with Gasteiger partial charge in [0.1, 0.15) is 0 Å². The van der Waals surface area contributed by atoms with Gasteiger partial charge < -0.3 is 10.6 Å². The molecule has 17 heavy (non-hydrogen) atoms. The van der Waals surface area contributed by atoms with Crippen molar-refractivity contribution in [3.63, 3.8) is 0 Å². The molecular weight excluding hydrogens is 232 g/mol. The lowest BCUT2D eigenvalue weighted by Crippen LogP contribution is -2.50. The minimum absolute atomic E-state index is 0.164. The molecular formula is C13H22N2OS. The van der Waals surface area contributed by atoms with Crippen LogP contribution in [-0.4, -0.2) is 29.4 Å². The summed E-state index contributed by atoms with van der Waals surface area (Å²) in [6.07, 6.45) is 7.55. The van der Waals surface area contributed by atoms with Crippen LogP contribution in [0.5, 0.6) is 0 Å². The van der Waals surface area contributed by atoms with Crippen LogP contribution in [0.1, 0.15) is 44.9 Å². The summed E-state index contributed by atoms with van der Waals surface area (Å²) in [6, 6.07) is 0. The molecule has 96 valence electrons. The molecule has 0 aromatic carbocycles. The average molecular weight is 254 g/mol. The monoisotopic (exact) mass is 254 g/mol. The summed E-state index contributed by atoms with van der Waals surface area (Å²) < 4.78 is 0. The number of nitrogens with zero attached hydrogens (tertiary/aromatic N) is 1. The maximum Gasteiger partial charge on any atom is 0.235 e. The summed E-state index contributed by atoms with van der Waals surface area (Å²) in [5, 5.41) is 0. The van der Waals surface area contributed by atoms with Gasteiger partial charge >= 0.3 is 0 Å². The molecule has 0 spiro atoms. The Hall–Kier alpha value is -0.640. The van der Waals surface area contributed by atoms with E-state index in [0.29, 0.717) is 4.99 Å². The van der Waals surface area contributed by atoms with Crippen LogP contribution >= 0.6 is 12.2 Å². The van der Waals surface area contributed by atoms with Crippen molar-refractivity contribution in [2.45, 2.75) is 44.9 Å². The molecule has 0 saturated heterocycles. The van der Waals surface area contributed by atoms with Crippen molar-refractivity contribution in [3.8, 4) is 0 Å². The van der Waals surface area contributed by atoms with Crippen LogP contribution in [0.3, 0.4) is 0 Å². The fourth-order valence-corrected chi connectivity index (χ4v) is 3.15. The van der Waals surface area contributed by atoms with Gasteiger partial charge in [0.05, 0.1) is 10.4 Å². The van der Waals surface area contributed by atoms with Crippen molar-refractivity contribution in [1.29, 1.82) is 0 Å². The number of carbonyl (C=O) groups is 1. The predicted molar refractivity (Wildman–Crippen MR) is 72.7 cm³/mol. The molecule has 2 saturated carbocycles. The number of nitrogens with two attached hydrogens (primary N) is 1. The highest BCUT2D eigenvalue weighted by Crippen LogP contribution is 2.39. The van der Waals surface area contributed by atoms with Crippen LogP contribution in [0.15, 0.2) is 0 Å². The van der Waals surface area contributed by atoms with Gasteiger partial charge in [0, 0.05) is 13.6 Å². The molecule has 0 radical (unpaired) electrons. The van der Waals surface area contributed by atoms with Gasteiger partial charge in [-0.3, -0.25) is 4.79 Å². The van der Waals surface area contributed by atoms with E-state index in [1.807, 2.05) is 11.9 Å². The summed E-state index contributed by atoms with van der Waals surface area (Å²) in [7, 11) is 1.90. The Balaban J connectivity index is 2.08. The van der Waals surface area contributed by atoms with Crippen LogP contribution in [-0.2, 0) is 4.79 Å². The third-order valence-corrected chi connectivity index (χ3v) is 4.55. The van der Waals surface area contributed by atoms with Gasteiger partial charge in [-0.2, -0.15) is 0 Å². The van der Waals surface area contributed by atoms with Crippen LogP contribution in [0.4, 0.5) is 0 Å². The summed E-state index contributed by atoms with van der Waals surface area (Å²) in [5.41, 5.74) is 5.34. The highest BCUT2D eigenvalue weighted by atomic mass is 32.1. The van der Waals surface area contributed by atoms with E-state index in [4.69, 9.17) is 18.0 Å². The second-order valence-electron chi connectivity index (χ2n) is 5.64. The third-order valence-electron chi connectivity index (χ3n) is 4.16. The van der Waals surface area contributed by atoms with Crippen LogP contribution in [0.25, 0.3) is 0 Å². The molecule has 2 aliphatic carbocycles. The molecule has 1 amide bonds. The minimum atomic E-state index is -0.531. The van der Waals surface area contributed by atoms with Gasteiger partial charge in [-0.25, -0.2) is 0 Å². The molecule has 0 atom stereocenters. The molecule has 2 fully saturated rings. The molecule has 0 bridgehead atoms. The van der Waals surface area contributed by atoms with Crippen molar-refractivity contribution in [3.05, 3.63) is 0 Å². The van der Waals surface area contributed by atoms with Crippen LogP contribution < -0.4 is 5.73 Å². The number of carbonyl (C=O) groups excluding carboxylic acids is 1. The number of rotatable bonds is 4. The highest BCUT2D eigenvalue weighted by Gasteiger charge is 2.44. The molecule has 4 heteroatoms. The first-order valence-electron chi connectivity index (χ1n) is 6.62. The maximum absolute atomic E-state index is 12.6. The molecule has 0 aromatic rings. The van der Waals surface area contributed by atoms with Crippen molar-refractivity contribution < 1.29 is 4.79 Å². The zero-order valence-corrected chi connectivity index (χ0v) is 11.4. The summed E-state index contributed by atoms with van der Waals surface area (Å²) in [6.45, 7) is 0.878. The van der Waals surface area contributed by atoms with Crippen molar-refractivity contribution in [2.24, 2.45) is 17.1 Å². The van der Waals surface area contributed by atoms with Crippen LogP contribution in [0.2, 0.25) is 0 Å². The first-order valence-corrected chi connectivity index (χ1v) is 7.02. The lowest BCUT2D eigenvalue weighted by Gasteiger charge is -2.37. The number of thiocarbonyl (C=S) groups is 1. The number of amides is 1. The summed E-state index contributed by atoms with van der Waals surface area (Å²) >= 11 is 5.18. The zero-order chi connectivity index (χ0) is 12.5. The van der Waals surface area contributed by atoms with Gasteiger partial charge in [-0.1, -0.05) is 31.5 Å². The van der Waals surface area contributed by atoms with E-state index in [2.05, 4.69) is 0 Å². The Labute approximate surface area is 109 Å². The van der Waals surface area contributed by atoms with Crippen molar-refractivity contribution >= 4 is 23.1 Å². The van der Waals surface area contributed by atoms with E-state index in [0.717, 1.165) is 38.1 Å². The predicted octanol–water partition coefficient (Wildman–Crippen LogP) is 2.09. The molecule has 0 aliphatic heterocycles. The standard InChI is InChI=1S/C13H22N2OS/c1-15(9-10-5-6-10)12(16)13(11(14)17)7-3-2-4-8-13/h10H,2-9H2,1H3,(H2,14,17). The van der Waals surface area contributed by atoms with E-state index in [-0.39, 0.29) is 5.91 Å². The Bertz CT molecular complexity index is 319. The van der Waals surface area contributed by atoms with Gasteiger partial charge in [0.15, 0.2) is 0 Å². The first kappa shape index (κ1) is 12.8. The molecule has 0 heterocycles. The molecule has 3 nitrogen and oxygen atoms in total. The zero-order valence-electron chi connectivity index (χ0n) is 10.6. The van der Waals surface area contributed by atoms with E-state index in [1.54, 1.807) is 0 Å². The van der Waals surface area contributed by atoms with Crippen LogP contribution in [0, 0.1) is 11.3 Å². The van der Waals surface area contributed by atoms with Gasteiger partial charge in [-0.05, 0) is 31.6 Å². The third kappa shape index (κ3) is 2.62. The average Bonchev–Trinajstić information content (AvgIpc) is 3.12. The molecule has 0 unspecified atom stereocenters. The fraction of sp³-hybridized carbons (Fsp3) is 0.846. The van der Waals surface area contributed by atoms with Crippen molar-refractivity contribution in [1.82, 2.24) is 4.90 Å². The SMILES string of the molecule is CN(CC1CC1)C(=O)C1(C(N)=S)CCCCC1. The highest BCUT2D eigenvalue weighted by molar-refractivity contribution is 7.80. The van der Waals surface area contributed by atoms with Gasteiger partial charge in [0.25, 0.3) is 0 Å². The quantitative estimate of drug-likeness (QED) is 0.781. The van der Waals surface area contributed by atoms with E-state index in [9.17, 15) is 4.79 Å². The molecule has 0 aromatic heterocycles. The Morgan fingerprint density at radius 3 is 2.41 bits per heavy atom. The van der Waals surface area contributed by atoms with E-state index < -0.39 is 5.41 Å². The smallest absolute Gasteiger partial charge is 0.235 e. The van der Waals surface area contributed by atoms with E-state index in [1.165, 1.54) is 19.3 Å². The topological polar surface area (TPSA) is 46.3 Å². The van der Waals surface area contributed by atoms with E-state index >= 15 is 0 Å². The lowest BCUT2D eigenvalue weighted by atomic mass is 9.73. The van der Waals surface area contributed by atoms with Gasteiger partial charge in [-0.15, -0.1) is 0 Å². The maximum atomic E-state index is 12.6. The normalized spacial score (nSPS) is 23.1. The largest absolute Gasteiger partial charge is 0.392 e. The number of hydrogen-bond acceptors (Lipinski definition) is 2. The van der Waals surface area contributed by atoms with Gasteiger partial charge in [0.2, 0.25) is 5.91 Å². The Morgan fingerprint density at radius 2 is 1.94 bits per heavy atom. The minimum Gasteiger partial charge on any atom is -0.392 e. The summed E-state index contributed by atoms with van der Waals surface area (Å²) in [5.74, 6) is 0.882. The number of hydrogen-bond donors (Lipinski definition) is 1. The van der Waals surface area contributed by atoms with Crippen molar-refractivity contribution in [2.75, 3.05) is 13.6 Å². The molecule has 2 N–H and O–H groups in total. The summed E-state index contributed by atoms with van der Waals surface area (Å²) in [4.78, 5) is 14.9. The Morgan fingerprint density at radius 1 is 1.35 bits per heavy atom.